The average molecular weight is 545 g/mol. The van der Waals surface area contributed by atoms with Crippen LogP contribution in [0.3, 0.4) is 0 Å². The van der Waals surface area contributed by atoms with Gasteiger partial charge in [0.15, 0.2) is 0 Å². The van der Waals surface area contributed by atoms with Gasteiger partial charge >= 0.3 is 5.97 Å². The van der Waals surface area contributed by atoms with E-state index >= 15 is 0 Å². The molecule has 40 heavy (non-hydrogen) atoms. The van der Waals surface area contributed by atoms with Crippen molar-refractivity contribution in [1.29, 1.82) is 0 Å². The lowest BCUT2D eigenvalue weighted by Crippen LogP contribution is -2.45. The standard InChI is InChI=1S/C35H44O5/c1-22(30(36)8-5-13-35-19-23-14-24(20-35)16-25(15-23)21-35)34-29(17-33(38)39)31(37)18-32(34)40-28-11-9-27(10-12-28)26-6-3-2-4-7-26/h2-4,6-7,9-12,23-25,29,31-32,34,36-37H,5,8,13-21H2,1H3,(H,38,39)/t23?,24?,25?,29-,31-,32+,34+,35?/m0/s1. The summed E-state index contributed by atoms with van der Waals surface area (Å²) in [6, 6.07) is 18.0. The fourth-order valence-electron chi connectivity index (χ4n) is 9.41. The molecule has 5 heteroatoms. The Morgan fingerprint density at radius 1 is 0.875 bits per heavy atom. The Bertz CT molecular complexity index is 1180. The number of allylic oxidation sites excluding steroid dienone is 1. The monoisotopic (exact) mass is 544 g/mol. The predicted molar refractivity (Wildman–Crippen MR) is 156 cm³/mol. The van der Waals surface area contributed by atoms with E-state index in [1.807, 2.05) is 49.4 Å². The minimum absolute atomic E-state index is 0.142. The summed E-state index contributed by atoms with van der Waals surface area (Å²) in [5.74, 6) is 2.04. The second-order valence-corrected chi connectivity index (χ2v) is 13.5. The molecule has 0 spiro atoms. The first-order chi connectivity index (χ1) is 19.3. The Labute approximate surface area is 238 Å². The second kappa shape index (κ2) is 11.2. The molecule has 5 aliphatic carbocycles. The summed E-state index contributed by atoms with van der Waals surface area (Å²) in [5.41, 5.74) is 3.48. The van der Waals surface area contributed by atoms with Crippen LogP contribution in [0, 0.1) is 35.0 Å². The van der Waals surface area contributed by atoms with Crippen LogP contribution >= 0.6 is 0 Å². The Morgan fingerprint density at radius 3 is 2.08 bits per heavy atom. The van der Waals surface area contributed by atoms with E-state index in [1.165, 1.54) is 44.9 Å². The first kappa shape index (κ1) is 27.4. The van der Waals surface area contributed by atoms with E-state index in [2.05, 4.69) is 12.1 Å². The molecule has 0 unspecified atom stereocenters. The second-order valence-electron chi connectivity index (χ2n) is 13.5. The van der Waals surface area contributed by atoms with Gasteiger partial charge in [-0.3, -0.25) is 4.79 Å². The van der Waals surface area contributed by atoms with Crippen molar-refractivity contribution in [3.05, 3.63) is 65.9 Å². The predicted octanol–water partition coefficient (Wildman–Crippen LogP) is 7.79. The molecule has 4 atom stereocenters. The van der Waals surface area contributed by atoms with Gasteiger partial charge in [0.1, 0.15) is 11.9 Å². The third-order valence-electron chi connectivity index (χ3n) is 10.7. The lowest BCUT2D eigenvalue weighted by molar-refractivity contribution is -0.139. The van der Waals surface area contributed by atoms with Crippen molar-refractivity contribution >= 4 is 5.97 Å². The van der Waals surface area contributed by atoms with Crippen LogP contribution in [0.4, 0.5) is 0 Å². The fourth-order valence-corrected chi connectivity index (χ4v) is 9.41. The summed E-state index contributed by atoms with van der Waals surface area (Å²) < 4.78 is 6.40. The lowest BCUT2D eigenvalue weighted by Gasteiger charge is -2.57. The number of ether oxygens (including phenoxy) is 1. The van der Waals surface area contributed by atoms with Gasteiger partial charge in [0.05, 0.1) is 18.3 Å². The molecule has 0 radical (unpaired) electrons. The van der Waals surface area contributed by atoms with Crippen LogP contribution in [-0.4, -0.2) is 33.5 Å². The normalized spacial score (nSPS) is 35.0. The van der Waals surface area contributed by atoms with Gasteiger partial charge in [0.25, 0.3) is 0 Å². The minimum Gasteiger partial charge on any atom is -0.512 e. The molecular formula is C35H44O5. The Kier molecular flexibility index (Phi) is 7.69. The molecule has 7 rings (SSSR count). The highest BCUT2D eigenvalue weighted by Gasteiger charge is 2.50. The maximum atomic E-state index is 11.7. The highest BCUT2D eigenvalue weighted by molar-refractivity contribution is 5.67. The molecule has 214 valence electrons. The number of aliphatic hydroxyl groups excluding tert-OH is 2. The molecule has 0 amide bonds. The zero-order valence-electron chi connectivity index (χ0n) is 23.7. The van der Waals surface area contributed by atoms with Gasteiger partial charge in [0, 0.05) is 24.7 Å². The van der Waals surface area contributed by atoms with Crippen molar-refractivity contribution in [2.24, 2.45) is 35.0 Å². The topological polar surface area (TPSA) is 87.0 Å². The number of hydrogen-bond donors (Lipinski definition) is 3. The number of carboxylic acids is 1. The van der Waals surface area contributed by atoms with E-state index in [9.17, 15) is 20.1 Å². The third-order valence-corrected chi connectivity index (χ3v) is 10.7. The van der Waals surface area contributed by atoms with Gasteiger partial charge in [-0.2, -0.15) is 0 Å². The maximum absolute atomic E-state index is 11.7. The van der Waals surface area contributed by atoms with E-state index < -0.39 is 24.1 Å². The zero-order valence-corrected chi connectivity index (χ0v) is 23.7. The fraction of sp³-hybridized carbons (Fsp3) is 0.571. The molecule has 0 aliphatic heterocycles. The van der Waals surface area contributed by atoms with Gasteiger partial charge < -0.3 is 20.1 Å². The summed E-state index contributed by atoms with van der Waals surface area (Å²) in [4.78, 5) is 11.7. The molecule has 0 saturated heterocycles. The molecule has 3 N–H and O–H groups in total. The van der Waals surface area contributed by atoms with Crippen molar-refractivity contribution in [1.82, 2.24) is 0 Å². The SMILES string of the molecule is CC(=C(O)CCCC12CC3CC(CC(C3)C1)C2)[C@@H]1[C@@H](CC(=O)O)[C@@H](O)C[C@H]1Oc1ccc(-c2ccccc2)cc1. The van der Waals surface area contributed by atoms with Gasteiger partial charge in [-0.15, -0.1) is 0 Å². The Balaban J connectivity index is 1.15. The van der Waals surface area contributed by atoms with Crippen LogP contribution < -0.4 is 4.74 Å². The minimum atomic E-state index is -0.934. The van der Waals surface area contributed by atoms with Crippen LogP contribution in [0.1, 0.15) is 77.6 Å². The van der Waals surface area contributed by atoms with E-state index in [4.69, 9.17) is 4.74 Å². The van der Waals surface area contributed by atoms with Crippen molar-refractivity contribution in [2.45, 2.75) is 89.8 Å². The number of aliphatic hydroxyl groups is 2. The molecule has 5 fully saturated rings. The van der Waals surface area contributed by atoms with Crippen molar-refractivity contribution in [3.8, 4) is 16.9 Å². The van der Waals surface area contributed by atoms with Gasteiger partial charge in [-0.25, -0.2) is 0 Å². The molecular weight excluding hydrogens is 500 g/mol. The van der Waals surface area contributed by atoms with E-state index in [0.29, 0.717) is 29.8 Å². The first-order valence-electron chi connectivity index (χ1n) is 15.4. The maximum Gasteiger partial charge on any atom is 0.303 e. The molecule has 2 aromatic carbocycles. The van der Waals surface area contributed by atoms with Crippen LogP contribution in [0.25, 0.3) is 11.1 Å². The Hall–Kier alpha value is -2.79. The molecule has 2 aromatic rings. The molecule has 0 aromatic heterocycles. The van der Waals surface area contributed by atoms with Crippen LogP contribution in [0.5, 0.6) is 5.75 Å². The number of carboxylic acid groups (broad SMARTS) is 1. The van der Waals surface area contributed by atoms with Gasteiger partial charge in [-0.05, 0) is 110 Å². The van der Waals surface area contributed by atoms with Crippen LogP contribution in [0.2, 0.25) is 0 Å². The molecule has 0 heterocycles. The third kappa shape index (κ3) is 5.68. The molecule has 5 nitrogen and oxygen atoms in total. The van der Waals surface area contributed by atoms with Crippen molar-refractivity contribution in [3.63, 3.8) is 0 Å². The summed E-state index contributed by atoms with van der Waals surface area (Å²) in [7, 11) is 0. The summed E-state index contributed by atoms with van der Waals surface area (Å²) in [5, 5.41) is 31.8. The summed E-state index contributed by atoms with van der Waals surface area (Å²) in [6.07, 6.45) is 10.2. The highest BCUT2D eigenvalue weighted by Crippen LogP contribution is 2.61. The van der Waals surface area contributed by atoms with E-state index in [-0.39, 0.29) is 12.3 Å². The molecule has 4 bridgehead atoms. The van der Waals surface area contributed by atoms with Gasteiger partial charge in [0.2, 0.25) is 0 Å². The summed E-state index contributed by atoms with van der Waals surface area (Å²) in [6.45, 7) is 1.91. The number of aliphatic carboxylic acids is 1. The number of rotatable bonds is 10. The first-order valence-corrected chi connectivity index (χ1v) is 15.4. The van der Waals surface area contributed by atoms with E-state index in [0.717, 1.165) is 40.9 Å². The van der Waals surface area contributed by atoms with Crippen LogP contribution in [0.15, 0.2) is 65.9 Å². The summed E-state index contributed by atoms with van der Waals surface area (Å²) >= 11 is 0. The quantitative estimate of drug-likeness (QED) is 0.266. The molecule has 5 saturated carbocycles. The number of hydrogen-bond acceptors (Lipinski definition) is 4. The van der Waals surface area contributed by atoms with Gasteiger partial charge in [-0.1, -0.05) is 42.5 Å². The van der Waals surface area contributed by atoms with E-state index in [1.54, 1.807) is 0 Å². The lowest BCUT2D eigenvalue weighted by atomic mass is 9.48. The van der Waals surface area contributed by atoms with Crippen LogP contribution in [-0.2, 0) is 4.79 Å². The smallest absolute Gasteiger partial charge is 0.303 e. The highest BCUT2D eigenvalue weighted by atomic mass is 16.5. The zero-order chi connectivity index (χ0) is 27.9. The largest absolute Gasteiger partial charge is 0.512 e. The molecule has 5 aliphatic rings. The van der Waals surface area contributed by atoms with Crippen molar-refractivity contribution in [2.75, 3.05) is 0 Å². The number of benzene rings is 2. The Morgan fingerprint density at radius 2 is 1.48 bits per heavy atom. The average Bonchev–Trinajstić information content (AvgIpc) is 3.21. The number of carbonyl (C=O) groups is 1. The van der Waals surface area contributed by atoms with Crippen molar-refractivity contribution < 1.29 is 24.9 Å².